The molecule has 35 heavy (non-hydrogen) atoms. The van der Waals surface area contributed by atoms with Crippen LogP contribution in [-0.4, -0.2) is 27.9 Å². The van der Waals surface area contributed by atoms with Gasteiger partial charge in [0.1, 0.15) is 5.82 Å². The molecule has 0 aliphatic heterocycles. The number of carbonyl (C=O) groups excluding carboxylic acids is 2. The molecule has 0 aliphatic rings. The summed E-state index contributed by atoms with van der Waals surface area (Å²) in [5.74, 6) is -0.769. The molecule has 3 rings (SSSR count). The smallest absolute Gasteiger partial charge is 0.330 e. The number of carbonyl (C=O) groups is 2. The second kappa shape index (κ2) is 11.3. The molecule has 4 N–H and O–H groups in total. The maximum Gasteiger partial charge on any atom is 0.330 e. The molecule has 3 aromatic rings. The second-order valence-electron chi connectivity index (χ2n) is 8.83. The van der Waals surface area contributed by atoms with E-state index in [1.807, 2.05) is 74.5 Å². The van der Waals surface area contributed by atoms with E-state index in [9.17, 15) is 19.2 Å². The van der Waals surface area contributed by atoms with Crippen molar-refractivity contribution >= 4 is 23.3 Å². The summed E-state index contributed by atoms with van der Waals surface area (Å²) in [7, 11) is 0. The van der Waals surface area contributed by atoms with E-state index in [1.54, 1.807) is 0 Å². The highest BCUT2D eigenvalue weighted by Gasteiger charge is 2.28. The van der Waals surface area contributed by atoms with Crippen molar-refractivity contribution in [1.82, 2.24) is 14.9 Å². The average Bonchev–Trinajstić information content (AvgIpc) is 2.81. The zero-order valence-corrected chi connectivity index (χ0v) is 20.2. The van der Waals surface area contributed by atoms with Crippen LogP contribution in [0.4, 0.5) is 11.5 Å². The third-order valence-corrected chi connectivity index (χ3v) is 5.47. The Labute approximate surface area is 203 Å². The molecule has 9 nitrogen and oxygen atoms in total. The molecule has 0 aliphatic carbocycles. The molecule has 1 aromatic heterocycles. The molecule has 184 valence electrons. The third-order valence-electron chi connectivity index (χ3n) is 5.47. The van der Waals surface area contributed by atoms with E-state index in [0.29, 0.717) is 0 Å². The minimum absolute atomic E-state index is 0.00296. The van der Waals surface area contributed by atoms with Gasteiger partial charge in [-0.25, -0.2) is 4.79 Å². The number of rotatable bonds is 9. The van der Waals surface area contributed by atoms with Crippen LogP contribution < -0.4 is 27.2 Å². The summed E-state index contributed by atoms with van der Waals surface area (Å²) < 4.78 is 1.25. The summed E-state index contributed by atoms with van der Waals surface area (Å²) in [5, 5.41) is 2.81. The second-order valence-corrected chi connectivity index (χ2v) is 8.83. The van der Waals surface area contributed by atoms with Crippen LogP contribution >= 0.6 is 0 Å². The van der Waals surface area contributed by atoms with Crippen molar-refractivity contribution in [3.8, 4) is 0 Å². The fourth-order valence-electron chi connectivity index (χ4n) is 3.91. The first kappa shape index (κ1) is 25.5. The minimum Gasteiger partial charge on any atom is -0.383 e. The molecule has 0 saturated heterocycles. The number of amides is 2. The predicted octanol–water partition coefficient (Wildman–Crippen LogP) is 2.42. The Hall–Kier alpha value is -4.14. The first-order valence-corrected chi connectivity index (χ1v) is 11.5. The summed E-state index contributed by atoms with van der Waals surface area (Å²) in [6.07, 6.45) is -0.0903. The van der Waals surface area contributed by atoms with E-state index in [1.165, 1.54) is 16.4 Å². The van der Waals surface area contributed by atoms with Crippen molar-refractivity contribution in [3.05, 3.63) is 92.6 Å². The third kappa shape index (κ3) is 6.47. The van der Waals surface area contributed by atoms with Crippen molar-refractivity contribution in [2.75, 3.05) is 17.2 Å². The normalized spacial score (nSPS) is 11.8. The summed E-state index contributed by atoms with van der Waals surface area (Å²) in [4.78, 5) is 54.5. The summed E-state index contributed by atoms with van der Waals surface area (Å²) in [5.41, 5.74) is 6.46. The van der Waals surface area contributed by atoms with Crippen LogP contribution in [0.1, 0.15) is 44.4 Å². The number of hydrogen-bond acceptors (Lipinski definition) is 5. The molecule has 2 amide bonds. The molecule has 0 fully saturated rings. The number of hydrogen-bond donors (Lipinski definition) is 3. The lowest BCUT2D eigenvalue weighted by Gasteiger charge is -2.28. The zero-order valence-electron chi connectivity index (χ0n) is 20.2. The molecule has 0 saturated carbocycles. The van der Waals surface area contributed by atoms with Crippen LogP contribution in [0, 0.1) is 5.92 Å². The monoisotopic (exact) mass is 477 g/mol. The number of aromatic nitrogens is 2. The Morgan fingerprint density at radius 2 is 1.63 bits per heavy atom. The van der Waals surface area contributed by atoms with Gasteiger partial charge in [0.15, 0.2) is 5.69 Å². The SMILES string of the molecule is CC(=O)NC(CC(=O)N(CC(C)C)c1c(N)n(Cc2ccccc2)c(=O)[nH]c1=O)c1ccccc1. The largest absolute Gasteiger partial charge is 0.383 e. The summed E-state index contributed by atoms with van der Waals surface area (Å²) in [6.45, 7) is 5.55. The Bertz CT molecular complexity index is 1280. The van der Waals surface area contributed by atoms with Crippen LogP contribution in [0.25, 0.3) is 0 Å². The molecule has 0 bridgehead atoms. The van der Waals surface area contributed by atoms with Gasteiger partial charge >= 0.3 is 5.69 Å². The van der Waals surface area contributed by atoms with Crippen LogP contribution in [0.3, 0.4) is 0 Å². The fourth-order valence-corrected chi connectivity index (χ4v) is 3.91. The van der Waals surface area contributed by atoms with Crippen molar-refractivity contribution < 1.29 is 9.59 Å². The molecule has 0 spiro atoms. The molecule has 9 heteroatoms. The van der Waals surface area contributed by atoms with E-state index in [2.05, 4.69) is 10.3 Å². The van der Waals surface area contributed by atoms with Gasteiger partial charge in [-0.3, -0.25) is 23.9 Å². The van der Waals surface area contributed by atoms with Crippen molar-refractivity contribution in [2.45, 2.75) is 39.8 Å². The number of H-pyrrole nitrogens is 1. The standard InChI is InChI=1S/C26H31N5O4/c1-17(2)15-30(22(33)14-21(28-18(3)32)20-12-8-5-9-13-20)23-24(27)31(26(35)29-25(23)34)16-19-10-6-4-7-11-19/h4-13,17,21H,14-16,27H2,1-3H3,(H,28,32)(H,29,34,35). The minimum atomic E-state index is -0.735. The van der Waals surface area contributed by atoms with Crippen LogP contribution in [0.15, 0.2) is 70.3 Å². The summed E-state index contributed by atoms with van der Waals surface area (Å²) >= 11 is 0. The topological polar surface area (TPSA) is 130 Å². The highest BCUT2D eigenvalue weighted by Crippen LogP contribution is 2.24. The lowest BCUT2D eigenvalue weighted by Crippen LogP contribution is -2.44. The van der Waals surface area contributed by atoms with Gasteiger partial charge in [-0.15, -0.1) is 0 Å². The van der Waals surface area contributed by atoms with Crippen molar-refractivity contribution in [3.63, 3.8) is 0 Å². The quantitative estimate of drug-likeness (QED) is 0.436. The van der Waals surface area contributed by atoms with Gasteiger partial charge in [-0.1, -0.05) is 74.5 Å². The molecule has 0 radical (unpaired) electrons. The number of nitrogen functional groups attached to an aromatic ring is 1. The lowest BCUT2D eigenvalue weighted by atomic mass is 10.0. The molecule has 1 heterocycles. The van der Waals surface area contributed by atoms with Gasteiger partial charge in [0.2, 0.25) is 11.8 Å². The van der Waals surface area contributed by atoms with E-state index in [-0.39, 0.29) is 42.8 Å². The first-order valence-electron chi connectivity index (χ1n) is 11.5. The average molecular weight is 478 g/mol. The number of anilines is 2. The van der Waals surface area contributed by atoms with E-state index < -0.39 is 23.2 Å². The van der Waals surface area contributed by atoms with Gasteiger partial charge < -0.3 is 16.0 Å². The van der Waals surface area contributed by atoms with Gasteiger partial charge in [0.05, 0.1) is 19.0 Å². The Balaban J connectivity index is 2.03. The highest BCUT2D eigenvalue weighted by atomic mass is 16.2. The molecule has 2 aromatic carbocycles. The molecular formula is C26H31N5O4. The predicted molar refractivity (Wildman–Crippen MR) is 136 cm³/mol. The maximum absolute atomic E-state index is 13.6. The van der Waals surface area contributed by atoms with Crippen molar-refractivity contribution in [1.29, 1.82) is 0 Å². The Morgan fingerprint density at radius 1 is 1.03 bits per heavy atom. The molecule has 1 unspecified atom stereocenters. The van der Waals surface area contributed by atoms with Crippen LogP contribution in [-0.2, 0) is 16.1 Å². The van der Waals surface area contributed by atoms with Gasteiger partial charge in [-0.2, -0.15) is 0 Å². The van der Waals surface area contributed by atoms with Gasteiger partial charge in [0.25, 0.3) is 5.56 Å². The number of benzene rings is 2. The van der Waals surface area contributed by atoms with Crippen LogP contribution in [0.2, 0.25) is 0 Å². The number of nitrogens with two attached hydrogens (primary N) is 1. The highest BCUT2D eigenvalue weighted by molar-refractivity contribution is 5.96. The zero-order chi connectivity index (χ0) is 25.5. The van der Waals surface area contributed by atoms with Crippen LogP contribution in [0.5, 0.6) is 0 Å². The number of nitrogens with one attached hydrogen (secondary N) is 2. The van der Waals surface area contributed by atoms with Gasteiger partial charge in [0, 0.05) is 13.5 Å². The van der Waals surface area contributed by atoms with E-state index >= 15 is 0 Å². The number of nitrogens with zero attached hydrogens (tertiary/aromatic N) is 2. The Morgan fingerprint density at radius 3 is 2.20 bits per heavy atom. The number of aromatic amines is 1. The van der Waals surface area contributed by atoms with E-state index in [4.69, 9.17) is 5.73 Å². The lowest BCUT2D eigenvalue weighted by molar-refractivity contribution is -0.121. The van der Waals surface area contributed by atoms with E-state index in [0.717, 1.165) is 11.1 Å². The molecular weight excluding hydrogens is 446 g/mol. The fraction of sp³-hybridized carbons (Fsp3) is 0.308. The summed E-state index contributed by atoms with van der Waals surface area (Å²) in [6, 6.07) is 17.7. The molecule has 1 atom stereocenters. The maximum atomic E-state index is 13.6. The Kier molecular flexibility index (Phi) is 8.25. The van der Waals surface area contributed by atoms with Gasteiger partial charge in [-0.05, 0) is 17.0 Å². The van der Waals surface area contributed by atoms with Crippen molar-refractivity contribution in [2.24, 2.45) is 5.92 Å². The first-order chi connectivity index (χ1) is 16.7.